The number of hydrogen-bond acceptors (Lipinski definition) is 4. The van der Waals surface area contributed by atoms with E-state index >= 15 is 0 Å². The highest BCUT2D eigenvalue weighted by Gasteiger charge is 2.08. The third-order valence-electron chi connectivity index (χ3n) is 3.98. The fourth-order valence-corrected chi connectivity index (χ4v) is 4.55. The number of halogens is 1. The molecule has 1 heterocycles. The lowest BCUT2D eigenvalue weighted by molar-refractivity contribution is -0.118. The normalized spacial score (nSPS) is 11.5. The smallest absolute Gasteiger partial charge is 0.248 e. The molecule has 144 valence electrons. The van der Waals surface area contributed by atoms with Gasteiger partial charge in [0.1, 0.15) is 11.6 Å². The molecule has 28 heavy (non-hydrogen) atoms. The van der Waals surface area contributed by atoms with Crippen LogP contribution in [0.3, 0.4) is 0 Å². The summed E-state index contributed by atoms with van der Waals surface area (Å²) in [6.45, 7) is 0.283. The molecule has 7 heteroatoms. The number of benzene rings is 2. The van der Waals surface area contributed by atoms with E-state index in [4.69, 9.17) is 11.2 Å². The molecule has 1 aromatic heterocycles. The van der Waals surface area contributed by atoms with E-state index in [1.165, 1.54) is 23.5 Å². The number of fused-ring (bicyclic) bond motifs is 1. The van der Waals surface area contributed by atoms with Gasteiger partial charge in [0.05, 0.1) is 23.9 Å². The number of carbonyl (C=O) groups is 1. The van der Waals surface area contributed by atoms with Crippen LogP contribution in [0.2, 0.25) is 0 Å². The third kappa shape index (κ3) is 5.03. The van der Waals surface area contributed by atoms with Crippen molar-refractivity contribution >= 4 is 39.2 Å². The highest BCUT2D eigenvalue weighted by Crippen LogP contribution is 2.22. The van der Waals surface area contributed by atoms with Crippen molar-refractivity contribution in [1.29, 1.82) is 0 Å². The number of thioether (sulfide) groups is 1. The summed E-state index contributed by atoms with van der Waals surface area (Å²) in [7, 11) is 1.64. The van der Waals surface area contributed by atoms with Crippen molar-refractivity contribution in [2.24, 2.45) is 4.99 Å². The number of ether oxygens (including phenoxy) is 1. The summed E-state index contributed by atoms with van der Waals surface area (Å²) in [5.74, 6) is 3.67. The van der Waals surface area contributed by atoms with Crippen LogP contribution in [0.5, 0.6) is 5.75 Å². The highest BCUT2D eigenvalue weighted by molar-refractivity contribution is 7.99. The molecule has 0 atom stereocenters. The first-order valence-electron chi connectivity index (χ1n) is 8.67. The number of nitrogens with zero attached hydrogens (tertiary/aromatic N) is 2. The Morgan fingerprint density at radius 2 is 2.11 bits per heavy atom. The fraction of sp³-hybridized carbons (Fsp3) is 0.238. The van der Waals surface area contributed by atoms with Crippen molar-refractivity contribution in [2.45, 2.75) is 24.3 Å². The van der Waals surface area contributed by atoms with E-state index in [0.717, 1.165) is 26.6 Å². The van der Waals surface area contributed by atoms with Crippen molar-refractivity contribution in [1.82, 2.24) is 4.57 Å². The minimum Gasteiger partial charge on any atom is -0.497 e. The predicted octanol–water partition coefficient (Wildman–Crippen LogP) is 4.48. The molecular weight excluding hydrogens is 395 g/mol. The zero-order valence-corrected chi connectivity index (χ0v) is 17.0. The molecule has 0 fully saturated rings. The molecule has 0 aliphatic rings. The minimum absolute atomic E-state index is 0.201. The van der Waals surface area contributed by atoms with E-state index in [9.17, 15) is 9.18 Å². The Balaban J connectivity index is 1.63. The molecule has 0 spiro atoms. The van der Waals surface area contributed by atoms with Gasteiger partial charge in [0.15, 0.2) is 4.80 Å². The molecule has 3 rings (SSSR count). The maximum atomic E-state index is 13.5. The lowest BCUT2D eigenvalue weighted by Crippen LogP contribution is -2.16. The van der Waals surface area contributed by atoms with Gasteiger partial charge in [-0.1, -0.05) is 17.3 Å². The van der Waals surface area contributed by atoms with Gasteiger partial charge in [-0.15, -0.1) is 18.2 Å². The van der Waals surface area contributed by atoms with Crippen molar-refractivity contribution in [2.75, 3.05) is 12.9 Å². The van der Waals surface area contributed by atoms with Gasteiger partial charge in [0.25, 0.3) is 0 Å². The lowest BCUT2D eigenvalue weighted by Gasteiger charge is -2.03. The molecule has 3 aromatic rings. The van der Waals surface area contributed by atoms with Crippen molar-refractivity contribution in [3.63, 3.8) is 0 Å². The summed E-state index contributed by atoms with van der Waals surface area (Å²) < 4.78 is 21.1. The topological polar surface area (TPSA) is 43.6 Å². The molecule has 1 amide bonds. The number of rotatable bonds is 7. The Bertz CT molecular complexity index is 1080. The summed E-state index contributed by atoms with van der Waals surface area (Å²) in [4.78, 5) is 18.1. The van der Waals surface area contributed by atoms with Crippen LogP contribution in [-0.2, 0) is 11.3 Å². The van der Waals surface area contributed by atoms with Gasteiger partial charge >= 0.3 is 0 Å². The molecule has 0 radical (unpaired) electrons. The maximum absolute atomic E-state index is 13.5. The van der Waals surface area contributed by atoms with Crippen LogP contribution in [0.15, 0.2) is 52.4 Å². The van der Waals surface area contributed by atoms with Crippen molar-refractivity contribution in [3.8, 4) is 18.1 Å². The highest BCUT2D eigenvalue weighted by atomic mass is 32.2. The third-order valence-corrected chi connectivity index (χ3v) is 6.12. The zero-order chi connectivity index (χ0) is 19.9. The molecule has 4 nitrogen and oxygen atoms in total. The molecule has 0 unspecified atom stereocenters. The Kier molecular flexibility index (Phi) is 6.90. The number of hydrogen-bond donors (Lipinski definition) is 0. The Labute approximate surface area is 171 Å². The van der Waals surface area contributed by atoms with Gasteiger partial charge in [-0.25, -0.2) is 4.39 Å². The number of aromatic nitrogens is 1. The average Bonchev–Trinajstić information content (AvgIpc) is 3.02. The molecule has 2 aromatic carbocycles. The largest absolute Gasteiger partial charge is 0.497 e. The molecule has 0 bridgehead atoms. The van der Waals surface area contributed by atoms with E-state index in [1.807, 2.05) is 24.3 Å². The second-order valence-corrected chi connectivity index (χ2v) is 8.10. The fourth-order valence-electron chi connectivity index (χ4n) is 2.62. The first-order chi connectivity index (χ1) is 13.6. The number of thiazole rings is 1. The number of methoxy groups -OCH3 is 1. The van der Waals surface area contributed by atoms with Gasteiger partial charge in [0, 0.05) is 11.3 Å². The van der Waals surface area contributed by atoms with Crippen LogP contribution in [-0.4, -0.2) is 23.3 Å². The second-order valence-electron chi connectivity index (χ2n) is 5.92. The van der Waals surface area contributed by atoms with Gasteiger partial charge < -0.3 is 9.30 Å². The zero-order valence-electron chi connectivity index (χ0n) is 15.4. The number of carbonyl (C=O) groups excluding carboxylic acids is 1. The van der Waals surface area contributed by atoms with E-state index in [1.54, 1.807) is 29.5 Å². The van der Waals surface area contributed by atoms with Crippen molar-refractivity contribution in [3.05, 3.63) is 53.1 Å². The number of amides is 1. The minimum atomic E-state index is -0.324. The Morgan fingerprint density at radius 1 is 1.32 bits per heavy atom. The van der Waals surface area contributed by atoms with E-state index in [-0.39, 0.29) is 18.3 Å². The van der Waals surface area contributed by atoms with Crippen LogP contribution in [0, 0.1) is 18.2 Å². The standard InChI is InChI=1S/C21H19FN2O2S2/c1-3-12-24-18-11-6-15(22)14-19(18)28-21(24)23-20(25)5-4-13-27-17-9-7-16(26-2)8-10-17/h1,6-11,14H,4-5,12-13H2,2H3. The van der Waals surface area contributed by atoms with Crippen LogP contribution in [0.25, 0.3) is 10.2 Å². The van der Waals surface area contributed by atoms with Crippen LogP contribution in [0.4, 0.5) is 4.39 Å². The molecule has 0 aliphatic heterocycles. The SMILES string of the molecule is C#CCn1c(=NC(=O)CCCSc2ccc(OC)cc2)sc2cc(F)ccc21. The molecular formula is C21H19FN2O2S2. The summed E-state index contributed by atoms with van der Waals surface area (Å²) in [6, 6.07) is 12.3. The van der Waals surface area contributed by atoms with Gasteiger partial charge in [-0.3, -0.25) is 4.79 Å². The van der Waals surface area contributed by atoms with Crippen molar-refractivity contribution < 1.29 is 13.9 Å². The Hall–Kier alpha value is -2.56. The summed E-state index contributed by atoms with van der Waals surface area (Å²) in [6.07, 6.45) is 6.50. The molecule has 0 N–H and O–H groups in total. The van der Waals surface area contributed by atoms with Crippen LogP contribution >= 0.6 is 23.1 Å². The van der Waals surface area contributed by atoms with Crippen LogP contribution < -0.4 is 9.54 Å². The average molecular weight is 415 g/mol. The second kappa shape index (κ2) is 9.58. The quantitative estimate of drug-likeness (QED) is 0.325. The predicted molar refractivity (Wildman–Crippen MR) is 112 cm³/mol. The summed E-state index contributed by atoms with van der Waals surface area (Å²) >= 11 is 2.95. The van der Waals surface area contributed by atoms with E-state index in [2.05, 4.69) is 10.9 Å². The van der Waals surface area contributed by atoms with Crippen LogP contribution in [0.1, 0.15) is 12.8 Å². The Morgan fingerprint density at radius 3 is 2.82 bits per heavy atom. The van der Waals surface area contributed by atoms with Gasteiger partial charge in [0.2, 0.25) is 5.91 Å². The van der Waals surface area contributed by atoms with E-state index < -0.39 is 0 Å². The first kappa shape index (κ1) is 20.2. The maximum Gasteiger partial charge on any atom is 0.248 e. The summed E-state index contributed by atoms with van der Waals surface area (Å²) in [5, 5.41) is 0. The lowest BCUT2D eigenvalue weighted by atomic mass is 10.3. The molecule has 0 saturated carbocycles. The monoisotopic (exact) mass is 414 g/mol. The van der Waals surface area contributed by atoms with Gasteiger partial charge in [-0.2, -0.15) is 4.99 Å². The molecule has 0 aliphatic carbocycles. The van der Waals surface area contributed by atoms with Gasteiger partial charge in [-0.05, 0) is 54.6 Å². The summed E-state index contributed by atoms with van der Waals surface area (Å²) in [5.41, 5.74) is 0.783. The van der Waals surface area contributed by atoms with E-state index in [0.29, 0.717) is 17.6 Å². The molecule has 0 saturated heterocycles. The first-order valence-corrected chi connectivity index (χ1v) is 10.5. The number of terminal acetylenes is 1.